The molecule has 0 bridgehead atoms. The number of hydrogen-bond acceptors (Lipinski definition) is 7. The van der Waals surface area contributed by atoms with E-state index in [0.717, 1.165) is 39.0 Å². The largest absolute Gasteiger partial charge is 0.447 e. The van der Waals surface area contributed by atoms with Crippen molar-refractivity contribution in [3.05, 3.63) is 47.7 Å². The third kappa shape index (κ3) is 4.86. The van der Waals surface area contributed by atoms with Crippen molar-refractivity contribution in [3.63, 3.8) is 0 Å². The molecule has 3 fully saturated rings. The van der Waals surface area contributed by atoms with Crippen molar-refractivity contribution >= 4 is 17.9 Å². The van der Waals surface area contributed by atoms with Gasteiger partial charge in [0.15, 0.2) is 0 Å². The second-order valence-corrected chi connectivity index (χ2v) is 11.3. The minimum Gasteiger partial charge on any atom is -0.447 e. The molecule has 5 rings (SSSR count). The summed E-state index contributed by atoms with van der Waals surface area (Å²) in [6.45, 7) is 13.5. The van der Waals surface area contributed by atoms with Crippen LogP contribution < -0.4 is 10.2 Å². The molecule has 188 valence electrons. The van der Waals surface area contributed by atoms with Gasteiger partial charge in [-0.15, -0.1) is 0 Å². The monoisotopic (exact) mass is 478 g/mol. The molecule has 1 saturated carbocycles. The van der Waals surface area contributed by atoms with E-state index in [9.17, 15) is 4.79 Å². The van der Waals surface area contributed by atoms with Crippen LogP contribution in [-0.4, -0.2) is 70.2 Å². The number of piperazine rings is 1. The molecule has 1 aromatic heterocycles. The first-order valence-corrected chi connectivity index (χ1v) is 12.7. The lowest BCUT2D eigenvalue weighted by Gasteiger charge is -2.45. The number of nitrogens with one attached hydrogen (secondary N) is 1. The molecule has 3 heterocycles. The Kier molecular flexibility index (Phi) is 6.21. The molecule has 2 aliphatic heterocycles. The second kappa shape index (κ2) is 9.06. The molecule has 1 amide bonds. The van der Waals surface area contributed by atoms with Crippen molar-refractivity contribution in [3.8, 4) is 0 Å². The molecule has 35 heavy (non-hydrogen) atoms. The Labute approximate surface area is 208 Å². The van der Waals surface area contributed by atoms with Crippen LogP contribution in [0.15, 0.2) is 36.5 Å². The van der Waals surface area contributed by atoms with Gasteiger partial charge in [0.25, 0.3) is 0 Å². The number of anilines is 2. The lowest BCUT2D eigenvalue weighted by Crippen LogP contribution is -2.57. The van der Waals surface area contributed by atoms with Crippen molar-refractivity contribution < 1.29 is 9.53 Å². The molecule has 8 heteroatoms. The summed E-state index contributed by atoms with van der Waals surface area (Å²) in [5, 5.41) is 3.41. The van der Waals surface area contributed by atoms with Crippen LogP contribution in [0.3, 0.4) is 0 Å². The molecule has 1 N–H and O–H groups in total. The van der Waals surface area contributed by atoms with E-state index < -0.39 is 0 Å². The number of ether oxygens (including phenoxy) is 1. The quantitative estimate of drug-likeness (QED) is 0.636. The number of cyclic esters (lactones) is 1. The second-order valence-electron chi connectivity index (χ2n) is 11.3. The van der Waals surface area contributed by atoms with Gasteiger partial charge in [-0.1, -0.05) is 24.3 Å². The highest BCUT2D eigenvalue weighted by molar-refractivity contribution is 5.90. The average Bonchev–Trinajstić information content (AvgIpc) is 3.63. The maximum absolute atomic E-state index is 12.5. The Bertz CT molecular complexity index is 1070. The molecule has 8 nitrogen and oxygen atoms in total. The van der Waals surface area contributed by atoms with E-state index in [1.807, 2.05) is 0 Å². The third-order valence-electron chi connectivity index (χ3n) is 8.14. The molecular weight excluding hydrogens is 440 g/mol. The van der Waals surface area contributed by atoms with Gasteiger partial charge >= 0.3 is 6.09 Å². The number of aromatic nitrogens is 2. The minimum atomic E-state index is -0.330. The van der Waals surface area contributed by atoms with Gasteiger partial charge < -0.3 is 10.1 Å². The van der Waals surface area contributed by atoms with E-state index in [1.165, 1.54) is 11.1 Å². The maximum Gasteiger partial charge on any atom is 0.416 e. The number of carbonyl (C=O) groups is 1. The fraction of sp³-hybridized carbons (Fsp3) is 0.593. The number of carbonyl (C=O) groups excluding carboxylic acids is 1. The van der Waals surface area contributed by atoms with Crippen molar-refractivity contribution in [2.75, 3.05) is 43.5 Å². The van der Waals surface area contributed by atoms with Crippen LogP contribution in [0.5, 0.6) is 0 Å². The smallest absolute Gasteiger partial charge is 0.416 e. The van der Waals surface area contributed by atoms with Crippen LogP contribution in [0.4, 0.5) is 16.6 Å². The Balaban J connectivity index is 1.23. The average molecular weight is 479 g/mol. The summed E-state index contributed by atoms with van der Waals surface area (Å²) < 4.78 is 5.41. The van der Waals surface area contributed by atoms with Crippen LogP contribution in [0.25, 0.3) is 0 Å². The summed E-state index contributed by atoms with van der Waals surface area (Å²) in [5.74, 6) is 1.57. The molecule has 2 atom stereocenters. The molecule has 0 unspecified atom stereocenters. The van der Waals surface area contributed by atoms with Gasteiger partial charge in [-0.3, -0.25) is 14.7 Å². The van der Waals surface area contributed by atoms with E-state index >= 15 is 0 Å². The fourth-order valence-corrected chi connectivity index (χ4v) is 5.37. The number of nitrogens with zero attached hydrogens (tertiary/aromatic N) is 5. The summed E-state index contributed by atoms with van der Waals surface area (Å²) >= 11 is 0. The Morgan fingerprint density at radius 2 is 1.89 bits per heavy atom. The number of benzene rings is 1. The molecule has 1 aromatic carbocycles. The minimum absolute atomic E-state index is 0.0298. The first-order valence-electron chi connectivity index (χ1n) is 12.7. The molecule has 2 saturated heterocycles. The molecular formula is C27H38N6O2. The number of hydrogen-bond donors (Lipinski definition) is 1. The van der Waals surface area contributed by atoms with E-state index in [0.29, 0.717) is 24.3 Å². The van der Waals surface area contributed by atoms with Gasteiger partial charge in [0, 0.05) is 37.9 Å². The van der Waals surface area contributed by atoms with Crippen LogP contribution in [0.1, 0.15) is 57.7 Å². The zero-order chi connectivity index (χ0) is 24.8. The van der Waals surface area contributed by atoms with Crippen molar-refractivity contribution in [2.45, 2.75) is 64.2 Å². The lowest BCUT2D eigenvalue weighted by molar-refractivity contribution is 0.0360. The Morgan fingerprint density at radius 3 is 2.57 bits per heavy atom. The van der Waals surface area contributed by atoms with Crippen LogP contribution in [0.2, 0.25) is 0 Å². The zero-order valence-corrected chi connectivity index (χ0v) is 21.6. The topological polar surface area (TPSA) is 73.8 Å². The highest BCUT2D eigenvalue weighted by Crippen LogP contribution is 2.47. The predicted octanol–water partition coefficient (Wildman–Crippen LogP) is 4.30. The predicted molar refractivity (Wildman–Crippen MR) is 137 cm³/mol. The molecule has 3 aliphatic rings. The highest BCUT2D eigenvalue weighted by Gasteiger charge is 2.54. The van der Waals surface area contributed by atoms with Crippen LogP contribution in [0, 0.1) is 5.92 Å². The summed E-state index contributed by atoms with van der Waals surface area (Å²) in [6.07, 6.45) is 3.63. The van der Waals surface area contributed by atoms with Crippen LogP contribution >= 0.6 is 0 Å². The SMILES string of the molecule is C[C@@H](Nc1nccc(N2C(=O)OC[C@@]2(C)C2CC2)n1)c1ccc(CN2CCN(C)C(C)(C)C2)cc1. The van der Waals surface area contributed by atoms with E-state index in [1.54, 1.807) is 17.2 Å². The van der Waals surface area contributed by atoms with Crippen molar-refractivity contribution in [1.82, 2.24) is 19.8 Å². The first-order chi connectivity index (χ1) is 16.7. The van der Waals surface area contributed by atoms with Gasteiger partial charge in [-0.25, -0.2) is 9.78 Å². The molecule has 0 spiro atoms. The van der Waals surface area contributed by atoms with Gasteiger partial charge in [0.05, 0.1) is 11.6 Å². The van der Waals surface area contributed by atoms with E-state index in [4.69, 9.17) is 4.74 Å². The van der Waals surface area contributed by atoms with Crippen molar-refractivity contribution in [2.24, 2.45) is 5.92 Å². The molecule has 0 radical (unpaired) electrons. The lowest BCUT2D eigenvalue weighted by atomic mass is 9.96. The first kappa shape index (κ1) is 24.0. The molecule has 2 aromatic rings. The number of likely N-dealkylation sites (N-methyl/N-ethyl adjacent to an activating group) is 1. The van der Waals surface area contributed by atoms with Gasteiger partial charge in [-0.05, 0) is 70.7 Å². The maximum atomic E-state index is 12.5. The summed E-state index contributed by atoms with van der Waals surface area (Å²) in [6, 6.07) is 10.6. The van der Waals surface area contributed by atoms with Crippen molar-refractivity contribution in [1.29, 1.82) is 0 Å². The molecule has 1 aliphatic carbocycles. The normalized spacial score (nSPS) is 26.0. The Morgan fingerprint density at radius 1 is 1.14 bits per heavy atom. The van der Waals surface area contributed by atoms with E-state index in [2.05, 4.69) is 84.1 Å². The van der Waals surface area contributed by atoms with Gasteiger partial charge in [0.2, 0.25) is 5.95 Å². The summed E-state index contributed by atoms with van der Waals surface area (Å²) in [7, 11) is 2.21. The van der Waals surface area contributed by atoms with E-state index in [-0.39, 0.29) is 23.2 Å². The third-order valence-corrected chi connectivity index (χ3v) is 8.14. The van der Waals surface area contributed by atoms with Crippen LogP contribution in [-0.2, 0) is 11.3 Å². The summed E-state index contributed by atoms with van der Waals surface area (Å²) in [4.78, 5) is 28.3. The number of amides is 1. The van der Waals surface area contributed by atoms with Gasteiger partial charge in [-0.2, -0.15) is 4.98 Å². The zero-order valence-electron chi connectivity index (χ0n) is 21.6. The standard InChI is InChI=1S/C27H38N6O2/c1-19(21-8-6-20(7-9-21)16-32-15-14-31(5)26(2,3)17-32)29-24-28-13-12-23(30-24)33-25(34)35-18-27(33,4)22-10-11-22/h6-9,12-13,19,22H,10-11,14-18H2,1-5H3,(H,28,29,30)/t19-,27+/m1/s1. The number of rotatable bonds is 7. The summed E-state index contributed by atoms with van der Waals surface area (Å²) in [5.41, 5.74) is 2.37. The van der Waals surface area contributed by atoms with Gasteiger partial charge in [0.1, 0.15) is 12.4 Å². The highest BCUT2D eigenvalue weighted by atomic mass is 16.6. The fourth-order valence-electron chi connectivity index (χ4n) is 5.37. The Hall–Kier alpha value is -2.71.